The summed E-state index contributed by atoms with van der Waals surface area (Å²) in [5, 5.41) is 0. The van der Waals surface area contributed by atoms with Gasteiger partial charge in [0.15, 0.2) is 18.4 Å². The minimum Gasteiger partial charge on any atom is -0.463 e. The Bertz CT molecular complexity index is 504. The maximum absolute atomic E-state index is 14.7. The van der Waals surface area contributed by atoms with Crippen LogP contribution in [0, 0.1) is 0 Å². The maximum atomic E-state index is 14.7. The maximum Gasteiger partial charge on any atom is 0.305 e. The second-order valence-corrected chi connectivity index (χ2v) is 5.05. The van der Waals surface area contributed by atoms with E-state index in [9.17, 15) is 23.6 Å². The number of hydrogen-bond acceptors (Lipinski definition) is 9. The Morgan fingerprint density at radius 2 is 1.33 bits per heavy atom. The molecule has 1 aliphatic heterocycles. The van der Waals surface area contributed by atoms with Crippen LogP contribution in [0.3, 0.4) is 0 Å². The molecule has 5 atom stereocenters. The molecule has 0 aliphatic carbocycles. The standard InChI is InChI=1S/C14H19FO9/c1-6(16)20-5-10-12(21-7(2)17)11(15)13(22-8(3)18)14(24-10)23-9(4)19/h10-14H,5H2,1-4H3/t10-,11+,12-,13-,14?/m1/s1. The zero-order valence-corrected chi connectivity index (χ0v) is 13.6. The summed E-state index contributed by atoms with van der Waals surface area (Å²) in [6, 6.07) is 0. The molecule has 0 bridgehead atoms. The van der Waals surface area contributed by atoms with E-state index in [4.69, 9.17) is 23.7 Å². The molecular weight excluding hydrogens is 331 g/mol. The van der Waals surface area contributed by atoms with E-state index in [2.05, 4.69) is 0 Å². The molecule has 1 aliphatic rings. The van der Waals surface area contributed by atoms with E-state index in [0.29, 0.717) is 0 Å². The minimum absolute atomic E-state index is 0.446. The number of rotatable bonds is 5. The van der Waals surface area contributed by atoms with E-state index in [1.54, 1.807) is 0 Å². The van der Waals surface area contributed by atoms with Gasteiger partial charge >= 0.3 is 23.9 Å². The lowest BCUT2D eigenvalue weighted by molar-refractivity contribution is -0.288. The number of carbonyl (C=O) groups is 4. The highest BCUT2D eigenvalue weighted by Gasteiger charge is 2.52. The zero-order chi connectivity index (χ0) is 18.4. The van der Waals surface area contributed by atoms with E-state index in [-0.39, 0.29) is 0 Å². The van der Waals surface area contributed by atoms with Crippen molar-refractivity contribution in [2.75, 3.05) is 6.61 Å². The van der Waals surface area contributed by atoms with Crippen molar-refractivity contribution in [2.45, 2.75) is 58.5 Å². The fourth-order valence-corrected chi connectivity index (χ4v) is 2.11. The first kappa shape index (κ1) is 19.8. The molecule has 136 valence electrons. The van der Waals surface area contributed by atoms with Gasteiger partial charge in [-0.2, -0.15) is 0 Å². The Labute approximate surface area is 137 Å². The van der Waals surface area contributed by atoms with Crippen molar-refractivity contribution in [3.63, 3.8) is 0 Å². The van der Waals surface area contributed by atoms with Crippen LogP contribution in [0.2, 0.25) is 0 Å². The number of alkyl halides is 1. The lowest BCUT2D eigenvalue weighted by Gasteiger charge is -2.41. The molecule has 24 heavy (non-hydrogen) atoms. The summed E-state index contributed by atoms with van der Waals surface area (Å²) in [7, 11) is 0. The van der Waals surface area contributed by atoms with Crippen molar-refractivity contribution in [3.8, 4) is 0 Å². The normalized spacial score (nSPS) is 29.3. The van der Waals surface area contributed by atoms with Crippen LogP contribution in [-0.2, 0) is 42.9 Å². The SMILES string of the molecule is CC(=O)OC[C@H]1OC(OC(C)=O)[C@H](OC(C)=O)[C@@H](F)[C@@H]1OC(C)=O. The van der Waals surface area contributed by atoms with Crippen LogP contribution in [0.25, 0.3) is 0 Å². The van der Waals surface area contributed by atoms with Gasteiger partial charge in [0, 0.05) is 27.7 Å². The predicted octanol–water partition coefficient (Wildman–Crippen LogP) is 0.0390. The molecule has 0 amide bonds. The molecule has 1 saturated heterocycles. The summed E-state index contributed by atoms with van der Waals surface area (Å²) >= 11 is 0. The Morgan fingerprint density at radius 1 is 0.833 bits per heavy atom. The molecule has 1 unspecified atom stereocenters. The zero-order valence-electron chi connectivity index (χ0n) is 13.6. The number of esters is 4. The second-order valence-electron chi connectivity index (χ2n) is 5.05. The Balaban J connectivity index is 3.04. The first-order chi connectivity index (χ1) is 11.1. The fraction of sp³-hybridized carbons (Fsp3) is 0.714. The van der Waals surface area contributed by atoms with Gasteiger partial charge in [-0.05, 0) is 0 Å². The van der Waals surface area contributed by atoms with Crippen molar-refractivity contribution in [3.05, 3.63) is 0 Å². The lowest BCUT2D eigenvalue weighted by atomic mass is 10.00. The smallest absolute Gasteiger partial charge is 0.305 e. The van der Waals surface area contributed by atoms with E-state index in [0.717, 1.165) is 27.7 Å². The van der Waals surface area contributed by atoms with Gasteiger partial charge in [0.25, 0.3) is 0 Å². The van der Waals surface area contributed by atoms with Gasteiger partial charge in [0.1, 0.15) is 12.7 Å². The molecule has 1 fully saturated rings. The van der Waals surface area contributed by atoms with Crippen molar-refractivity contribution in [2.24, 2.45) is 0 Å². The molecule has 0 N–H and O–H groups in total. The number of hydrogen-bond donors (Lipinski definition) is 0. The van der Waals surface area contributed by atoms with Crippen molar-refractivity contribution < 1.29 is 47.3 Å². The summed E-state index contributed by atoms with van der Waals surface area (Å²) in [6.45, 7) is 3.82. The molecular formula is C14H19FO9. The predicted molar refractivity (Wildman–Crippen MR) is 73.1 cm³/mol. The summed E-state index contributed by atoms with van der Waals surface area (Å²) in [5.41, 5.74) is 0. The highest BCUT2D eigenvalue weighted by atomic mass is 19.1. The molecule has 9 nitrogen and oxygen atoms in total. The monoisotopic (exact) mass is 350 g/mol. The summed E-state index contributed by atoms with van der Waals surface area (Å²) in [4.78, 5) is 44.4. The van der Waals surface area contributed by atoms with E-state index >= 15 is 0 Å². The third kappa shape index (κ3) is 5.76. The number of halogens is 1. The van der Waals surface area contributed by atoms with Gasteiger partial charge in [-0.25, -0.2) is 4.39 Å². The molecule has 0 aromatic carbocycles. The van der Waals surface area contributed by atoms with Gasteiger partial charge in [-0.3, -0.25) is 19.2 Å². The lowest BCUT2D eigenvalue weighted by Crippen LogP contribution is -2.60. The van der Waals surface area contributed by atoms with Gasteiger partial charge in [-0.15, -0.1) is 0 Å². The summed E-state index contributed by atoms with van der Waals surface area (Å²) in [5.74, 6) is -3.13. The van der Waals surface area contributed by atoms with Crippen molar-refractivity contribution in [1.82, 2.24) is 0 Å². The van der Waals surface area contributed by atoms with Crippen LogP contribution in [0.4, 0.5) is 4.39 Å². The summed E-state index contributed by atoms with van der Waals surface area (Å²) in [6.07, 6.45) is -8.03. The van der Waals surface area contributed by atoms with Crippen LogP contribution < -0.4 is 0 Å². The van der Waals surface area contributed by atoms with Crippen molar-refractivity contribution >= 4 is 23.9 Å². The molecule has 0 aromatic rings. The van der Waals surface area contributed by atoms with Crippen LogP contribution in [0.1, 0.15) is 27.7 Å². The second kappa shape index (κ2) is 8.57. The molecule has 1 heterocycles. The first-order valence-corrected chi connectivity index (χ1v) is 7.06. The van der Waals surface area contributed by atoms with Crippen LogP contribution >= 0.6 is 0 Å². The van der Waals surface area contributed by atoms with Crippen LogP contribution in [0.15, 0.2) is 0 Å². The fourth-order valence-electron chi connectivity index (χ4n) is 2.11. The van der Waals surface area contributed by atoms with Gasteiger partial charge in [0.2, 0.25) is 6.29 Å². The van der Waals surface area contributed by atoms with Gasteiger partial charge in [0.05, 0.1) is 0 Å². The third-order valence-corrected chi connectivity index (χ3v) is 2.91. The summed E-state index contributed by atoms with van der Waals surface area (Å²) < 4.78 is 39.3. The number of carbonyl (C=O) groups excluding carboxylic acids is 4. The quantitative estimate of drug-likeness (QED) is 0.500. The molecule has 0 aromatic heterocycles. The number of ether oxygens (including phenoxy) is 5. The van der Waals surface area contributed by atoms with Crippen LogP contribution in [-0.4, -0.2) is 61.3 Å². The van der Waals surface area contributed by atoms with Crippen LogP contribution in [0.5, 0.6) is 0 Å². The van der Waals surface area contributed by atoms with Crippen molar-refractivity contribution in [1.29, 1.82) is 0 Å². The van der Waals surface area contributed by atoms with Gasteiger partial charge in [-0.1, -0.05) is 0 Å². The molecule has 0 radical (unpaired) electrons. The Hall–Kier alpha value is -2.23. The molecule has 10 heteroatoms. The molecule has 1 rings (SSSR count). The highest BCUT2D eigenvalue weighted by molar-refractivity contribution is 5.68. The minimum atomic E-state index is -2.06. The molecule has 0 saturated carbocycles. The van der Waals surface area contributed by atoms with E-state index in [1.165, 1.54) is 0 Å². The average molecular weight is 350 g/mol. The van der Waals surface area contributed by atoms with Gasteiger partial charge < -0.3 is 23.7 Å². The average Bonchev–Trinajstić information content (AvgIpc) is 2.42. The Kier molecular flexibility index (Phi) is 7.08. The highest BCUT2D eigenvalue weighted by Crippen LogP contribution is 2.29. The first-order valence-electron chi connectivity index (χ1n) is 7.06. The van der Waals surface area contributed by atoms with E-state index < -0.39 is 61.3 Å². The topological polar surface area (TPSA) is 114 Å². The van der Waals surface area contributed by atoms with E-state index in [1.807, 2.05) is 0 Å². The largest absolute Gasteiger partial charge is 0.463 e. The third-order valence-electron chi connectivity index (χ3n) is 2.91. The Morgan fingerprint density at radius 3 is 1.79 bits per heavy atom. The molecule has 0 spiro atoms.